The SMILES string of the molecule is CCN[C@H]1C[C@H](C)S(=O)(=O)c2sc(S(=O)(=O)NC(=O)CCC(=O)O[C@@H](C)C(=O)OCCN(Cc3cccc(OC)c3)C(=O)Nc3ccc(-c4cn[nH]c4)cc3OCCN3CCCC3)cc21. The molecule has 0 bridgehead atoms. The average Bonchev–Trinajstić information content (AvgIpc) is 4.09. The number of rotatable bonds is 21. The van der Waals surface area contributed by atoms with E-state index in [1.54, 1.807) is 43.6 Å². The van der Waals surface area contributed by atoms with Gasteiger partial charge in [0.05, 0.1) is 37.2 Å². The van der Waals surface area contributed by atoms with Crippen LogP contribution in [0.4, 0.5) is 10.5 Å². The fraction of sp³-hybridized carbons (Fsp3) is 0.465. The average molecular weight is 958 g/mol. The van der Waals surface area contributed by atoms with Gasteiger partial charge < -0.3 is 34.5 Å². The third-order valence-electron chi connectivity index (χ3n) is 10.9. The van der Waals surface area contributed by atoms with Gasteiger partial charge >= 0.3 is 18.0 Å². The third kappa shape index (κ3) is 12.8. The normalized spacial score (nSPS) is 17.4. The number of nitrogens with one attached hydrogen (secondary N) is 4. The van der Waals surface area contributed by atoms with Crippen molar-refractivity contribution < 1.29 is 55.0 Å². The van der Waals surface area contributed by atoms with Crippen molar-refractivity contribution in [2.45, 2.75) is 85.2 Å². The number of carbonyl (C=O) groups is 4. The number of sulfone groups is 1. The molecule has 2 aromatic heterocycles. The number of amides is 3. The molecule has 0 spiro atoms. The summed E-state index contributed by atoms with van der Waals surface area (Å²) < 4.78 is 75.9. The molecule has 19 nitrogen and oxygen atoms in total. The number of aromatic amines is 1. The van der Waals surface area contributed by atoms with Gasteiger partial charge in [-0.2, -0.15) is 5.10 Å². The molecule has 4 heterocycles. The highest BCUT2D eigenvalue weighted by Gasteiger charge is 2.40. The highest BCUT2D eigenvalue weighted by Crippen LogP contribution is 2.43. The van der Waals surface area contributed by atoms with E-state index in [0.29, 0.717) is 47.2 Å². The number of hydrogen-bond acceptors (Lipinski definition) is 16. The molecule has 1 fully saturated rings. The summed E-state index contributed by atoms with van der Waals surface area (Å²) in [5.41, 5.74) is 3.16. The van der Waals surface area contributed by atoms with Crippen molar-refractivity contribution in [3.8, 4) is 22.6 Å². The van der Waals surface area contributed by atoms with Gasteiger partial charge in [-0.3, -0.25) is 19.6 Å². The second-order valence-electron chi connectivity index (χ2n) is 15.6. The molecular formula is C43H55N7O12S3. The summed E-state index contributed by atoms with van der Waals surface area (Å²) in [6.07, 6.45) is 3.41. The molecule has 2 aliphatic rings. The summed E-state index contributed by atoms with van der Waals surface area (Å²) in [4.78, 5) is 56.1. The first-order valence-electron chi connectivity index (χ1n) is 21.3. The van der Waals surface area contributed by atoms with Crippen LogP contribution in [-0.4, -0.2) is 125 Å². The van der Waals surface area contributed by atoms with E-state index < -0.39 is 67.9 Å². The predicted octanol–water partition coefficient (Wildman–Crippen LogP) is 4.63. The Hall–Kier alpha value is -5.55. The molecule has 2 aliphatic heterocycles. The number of H-pyrrole nitrogens is 1. The van der Waals surface area contributed by atoms with Crippen molar-refractivity contribution >= 4 is 60.8 Å². The van der Waals surface area contributed by atoms with E-state index >= 15 is 0 Å². The highest BCUT2D eigenvalue weighted by molar-refractivity contribution is 7.95. The highest BCUT2D eigenvalue weighted by atomic mass is 32.3. The van der Waals surface area contributed by atoms with E-state index in [-0.39, 0.29) is 40.6 Å². The van der Waals surface area contributed by atoms with Crippen LogP contribution in [0.1, 0.15) is 70.0 Å². The maximum atomic E-state index is 14.0. The van der Waals surface area contributed by atoms with Gasteiger partial charge in [-0.05, 0) is 94.2 Å². The van der Waals surface area contributed by atoms with Gasteiger partial charge in [-0.15, -0.1) is 11.3 Å². The second-order valence-corrected chi connectivity index (χ2v) is 21.2. The first kappa shape index (κ1) is 48.9. The Labute approximate surface area is 382 Å². The van der Waals surface area contributed by atoms with Crippen molar-refractivity contribution in [1.82, 2.24) is 30.0 Å². The Morgan fingerprint density at radius 3 is 2.55 bits per heavy atom. The maximum absolute atomic E-state index is 14.0. The van der Waals surface area contributed by atoms with Crippen LogP contribution in [0.25, 0.3) is 11.1 Å². The summed E-state index contributed by atoms with van der Waals surface area (Å²) in [5.74, 6) is -1.88. The van der Waals surface area contributed by atoms with E-state index in [0.717, 1.165) is 49.2 Å². The Morgan fingerprint density at radius 1 is 1.05 bits per heavy atom. The maximum Gasteiger partial charge on any atom is 0.347 e. The number of sulfonamides is 1. The topological polar surface area (TPSA) is 245 Å². The first-order valence-corrected chi connectivity index (χ1v) is 25.1. The summed E-state index contributed by atoms with van der Waals surface area (Å²) in [6.45, 7) is 8.12. The van der Waals surface area contributed by atoms with Gasteiger partial charge in [0, 0.05) is 42.9 Å². The van der Waals surface area contributed by atoms with Crippen molar-refractivity contribution in [2.24, 2.45) is 0 Å². The Morgan fingerprint density at radius 2 is 1.83 bits per heavy atom. The number of aromatic nitrogens is 2. The number of esters is 2. The lowest BCUT2D eigenvalue weighted by Gasteiger charge is -2.27. The minimum Gasteiger partial charge on any atom is -0.497 e. The quantitative estimate of drug-likeness (QED) is 0.0832. The van der Waals surface area contributed by atoms with Gasteiger partial charge in [0.15, 0.2) is 15.9 Å². The monoisotopic (exact) mass is 957 g/mol. The lowest BCUT2D eigenvalue weighted by molar-refractivity contribution is -0.166. The van der Waals surface area contributed by atoms with Crippen LogP contribution in [0, 0.1) is 0 Å². The van der Waals surface area contributed by atoms with Crippen LogP contribution in [0.5, 0.6) is 11.5 Å². The number of likely N-dealkylation sites (tertiary alicyclic amines) is 1. The van der Waals surface area contributed by atoms with Crippen LogP contribution in [0.3, 0.4) is 0 Å². The summed E-state index contributed by atoms with van der Waals surface area (Å²) in [6, 6.07) is 12.9. The van der Waals surface area contributed by atoms with Crippen molar-refractivity contribution in [3.05, 3.63) is 72.1 Å². The van der Waals surface area contributed by atoms with Crippen molar-refractivity contribution in [1.29, 1.82) is 0 Å². The summed E-state index contributed by atoms with van der Waals surface area (Å²) in [5, 5.41) is 12.2. The molecule has 4 aromatic rings. The third-order valence-corrected chi connectivity index (χ3v) is 16.7. The number of benzene rings is 2. The van der Waals surface area contributed by atoms with Gasteiger partial charge in [0.1, 0.15) is 33.1 Å². The van der Waals surface area contributed by atoms with E-state index in [4.69, 9.17) is 18.9 Å². The number of anilines is 1. The van der Waals surface area contributed by atoms with Gasteiger partial charge in [0.25, 0.3) is 10.0 Å². The van der Waals surface area contributed by atoms with E-state index in [1.807, 2.05) is 29.8 Å². The van der Waals surface area contributed by atoms with Crippen molar-refractivity contribution in [2.75, 3.05) is 58.4 Å². The number of hydrogen-bond donors (Lipinski definition) is 4. The molecular weight excluding hydrogens is 903 g/mol. The standard InChI is InChI=1S/C43H55N7O12S3/c1-5-44-36-21-28(2)64(55,56)42-34(36)24-40(63-42)65(57,58)48-38(51)13-14-39(52)62-29(3)41(53)61-20-18-50(27-30-9-8-10-33(22-30)59-4)43(54)47-35-12-11-31(32-25-45-46-26-32)23-37(35)60-19-17-49-15-6-7-16-49/h8-12,22-26,28-29,36,44H,5-7,13-21,27H2,1-4H3,(H,45,46)(H,47,54)(H,48,51)/t28-,29-,36-/m0/s1. The number of fused-ring (bicyclic) bond motifs is 1. The molecule has 3 amide bonds. The largest absolute Gasteiger partial charge is 0.497 e. The number of ether oxygens (including phenoxy) is 4. The number of carbonyl (C=O) groups excluding carboxylic acids is 4. The molecule has 0 radical (unpaired) electrons. The van der Waals surface area contributed by atoms with E-state index in [9.17, 15) is 36.0 Å². The molecule has 0 aliphatic carbocycles. The Balaban J connectivity index is 1.03. The van der Waals surface area contributed by atoms with Crippen LogP contribution in [0.2, 0.25) is 0 Å². The molecule has 4 N–H and O–H groups in total. The van der Waals surface area contributed by atoms with Crippen LogP contribution < -0.4 is 24.8 Å². The smallest absolute Gasteiger partial charge is 0.347 e. The molecule has 1 saturated heterocycles. The van der Waals surface area contributed by atoms with Gasteiger partial charge in [-0.25, -0.2) is 31.1 Å². The summed E-state index contributed by atoms with van der Waals surface area (Å²) >= 11 is 0.565. The molecule has 6 rings (SSSR count). The molecule has 352 valence electrons. The molecule has 0 unspecified atom stereocenters. The van der Waals surface area contributed by atoms with Crippen LogP contribution in [0.15, 0.2) is 69.3 Å². The lowest BCUT2D eigenvalue weighted by atomic mass is 10.1. The molecule has 3 atom stereocenters. The molecule has 0 saturated carbocycles. The van der Waals surface area contributed by atoms with Crippen LogP contribution >= 0.6 is 11.3 Å². The Kier molecular flexibility index (Phi) is 16.6. The molecule has 2 aromatic carbocycles. The van der Waals surface area contributed by atoms with Crippen molar-refractivity contribution in [3.63, 3.8) is 0 Å². The number of urea groups is 1. The number of nitrogens with zero attached hydrogens (tertiary/aromatic N) is 3. The lowest BCUT2D eigenvalue weighted by Crippen LogP contribution is -2.38. The first-order chi connectivity index (χ1) is 31.1. The van der Waals surface area contributed by atoms with Gasteiger partial charge in [0.2, 0.25) is 5.91 Å². The predicted molar refractivity (Wildman–Crippen MR) is 241 cm³/mol. The van der Waals surface area contributed by atoms with E-state index in [1.165, 1.54) is 25.0 Å². The zero-order chi connectivity index (χ0) is 46.7. The minimum atomic E-state index is -4.48. The number of methoxy groups -OCH3 is 1. The van der Waals surface area contributed by atoms with Gasteiger partial charge in [-0.1, -0.05) is 25.1 Å². The fourth-order valence-electron chi connectivity index (χ4n) is 7.38. The minimum absolute atomic E-state index is 0.0668. The van der Waals surface area contributed by atoms with E-state index in [2.05, 4.69) is 25.7 Å². The molecule has 65 heavy (non-hydrogen) atoms. The Bertz CT molecular complexity index is 2530. The van der Waals surface area contributed by atoms with Crippen LogP contribution in [-0.2, 0) is 50.3 Å². The second kappa shape index (κ2) is 22.1. The number of thiophene rings is 1. The summed E-state index contributed by atoms with van der Waals surface area (Å²) in [7, 11) is -6.71. The zero-order valence-electron chi connectivity index (χ0n) is 36.7. The fourth-order valence-corrected chi connectivity index (χ4v) is 12.4. The molecule has 22 heteroatoms. The zero-order valence-corrected chi connectivity index (χ0v) is 39.1.